The smallest absolute Gasteiger partial charge is 0.320 e. The fraction of sp³-hybridized carbons (Fsp3) is 0.182. The van der Waals surface area contributed by atoms with Crippen molar-refractivity contribution in [3.05, 3.63) is 46.4 Å². The highest BCUT2D eigenvalue weighted by Gasteiger charge is 2.30. The molecule has 1 heterocycles. The summed E-state index contributed by atoms with van der Waals surface area (Å²) >= 11 is 0. The van der Waals surface area contributed by atoms with Crippen molar-refractivity contribution in [2.75, 3.05) is 5.32 Å². The summed E-state index contributed by atoms with van der Waals surface area (Å²) in [6.45, 7) is -0.290. The molecule has 1 amide bonds. The molecule has 0 aliphatic carbocycles. The number of hydrogen-bond donors (Lipinski definition) is 2. The van der Waals surface area contributed by atoms with Crippen LogP contribution in [0.15, 0.2) is 39.8 Å². The second-order valence-corrected chi connectivity index (χ2v) is 3.90. The maximum atomic E-state index is 12.5. The maximum absolute atomic E-state index is 12.5. The number of carbonyl (C=O) groups excluding carboxylic acids is 1. The zero-order valence-electron chi connectivity index (χ0n) is 9.90. The van der Waals surface area contributed by atoms with E-state index in [1.54, 1.807) is 0 Å². The number of alkyl halides is 3. The summed E-state index contributed by atoms with van der Waals surface area (Å²) in [5, 5.41) is 4.43. The molecular weight excluding hydrogens is 279 g/mol. The van der Waals surface area contributed by atoms with Crippen LogP contribution in [0.4, 0.5) is 18.9 Å². The number of aromatic nitrogens is 2. The van der Waals surface area contributed by atoms with Gasteiger partial charge in [-0.1, -0.05) is 10.7 Å². The molecule has 0 aliphatic rings. The van der Waals surface area contributed by atoms with Crippen LogP contribution in [0.2, 0.25) is 0 Å². The van der Waals surface area contributed by atoms with Gasteiger partial charge in [-0.25, -0.2) is 4.79 Å². The van der Waals surface area contributed by atoms with Crippen molar-refractivity contribution in [3.63, 3.8) is 0 Å². The molecule has 6 nitrogen and oxygen atoms in total. The third-order valence-corrected chi connectivity index (χ3v) is 2.31. The van der Waals surface area contributed by atoms with E-state index in [1.165, 1.54) is 12.1 Å². The Balaban J connectivity index is 2.06. The van der Waals surface area contributed by atoms with Gasteiger partial charge in [0.15, 0.2) is 0 Å². The minimum atomic E-state index is -4.48. The second kappa shape index (κ2) is 5.19. The van der Waals surface area contributed by atoms with Crippen LogP contribution in [0.1, 0.15) is 5.56 Å². The molecule has 9 heteroatoms. The lowest BCUT2D eigenvalue weighted by atomic mass is 10.2. The Morgan fingerprint density at radius 2 is 2.15 bits per heavy atom. The summed E-state index contributed by atoms with van der Waals surface area (Å²) < 4.78 is 42.9. The quantitative estimate of drug-likeness (QED) is 0.824. The summed E-state index contributed by atoms with van der Waals surface area (Å²) in [5.74, 6) is -0.605. The Kier molecular flexibility index (Phi) is 3.59. The molecule has 0 saturated heterocycles. The van der Waals surface area contributed by atoms with Crippen molar-refractivity contribution in [2.24, 2.45) is 0 Å². The van der Waals surface area contributed by atoms with Crippen LogP contribution in [0.3, 0.4) is 0 Å². The van der Waals surface area contributed by atoms with E-state index < -0.39 is 23.3 Å². The molecule has 0 atom stereocenters. The number of H-pyrrole nitrogens is 1. The first-order chi connectivity index (χ1) is 9.34. The van der Waals surface area contributed by atoms with Crippen LogP contribution in [0.5, 0.6) is 0 Å². The van der Waals surface area contributed by atoms with Gasteiger partial charge in [-0.3, -0.25) is 9.32 Å². The molecule has 1 aromatic heterocycles. The molecule has 1 aromatic carbocycles. The van der Waals surface area contributed by atoms with Gasteiger partial charge in [0.1, 0.15) is 0 Å². The van der Waals surface area contributed by atoms with Gasteiger partial charge in [-0.2, -0.15) is 13.2 Å². The highest BCUT2D eigenvalue weighted by atomic mass is 19.4. The lowest BCUT2D eigenvalue weighted by molar-refractivity contribution is -0.750. The van der Waals surface area contributed by atoms with Crippen molar-refractivity contribution in [1.29, 1.82) is 0 Å². The van der Waals surface area contributed by atoms with Crippen molar-refractivity contribution < 1.29 is 27.2 Å². The molecule has 0 bridgehead atoms. The average Bonchev–Trinajstić information content (AvgIpc) is 2.73. The standard InChI is InChI=1S/C11H8F3N3O3/c12-11(13,14)7-2-1-3-8(4-7)15-9(18)5-17-6-10(19)20-16-17/h1-4,6H,5H2,(H-,15,16,18,19)/p+1. The van der Waals surface area contributed by atoms with E-state index in [-0.39, 0.29) is 12.2 Å². The molecule has 0 radical (unpaired) electrons. The number of nitrogens with zero attached hydrogens (tertiary/aromatic N) is 1. The Morgan fingerprint density at radius 3 is 2.75 bits per heavy atom. The predicted molar refractivity (Wildman–Crippen MR) is 59.6 cm³/mol. The van der Waals surface area contributed by atoms with Gasteiger partial charge in [-0.15, -0.1) is 0 Å². The van der Waals surface area contributed by atoms with Crippen molar-refractivity contribution in [2.45, 2.75) is 12.7 Å². The topological polar surface area (TPSA) is 79.0 Å². The first-order valence-electron chi connectivity index (χ1n) is 5.40. The summed E-state index contributed by atoms with van der Waals surface area (Å²) in [6.07, 6.45) is -3.48. The average molecular weight is 288 g/mol. The molecular formula is C11H9F3N3O3+. The highest BCUT2D eigenvalue weighted by molar-refractivity contribution is 5.89. The number of anilines is 1. The Morgan fingerprint density at radius 1 is 1.40 bits per heavy atom. The van der Waals surface area contributed by atoms with Crippen molar-refractivity contribution in [3.8, 4) is 0 Å². The molecule has 0 spiro atoms. The van der Waals surface area contributed by atoms with Crippen molar-refractivity contribution >= 4 is 11.6 Å². The van der Waals surface area contributed by atoms with Gasteiger partial charge in [0, 0.05) is 5.69 Å². The van der Waals surface area contributed by atoms with Gasteiger partial charge in [0.05, 0.1) is 5.56 Å². The van der Waals surface area contributed by atoms with Crippen LogP contribution in [0.25, 0.3) is 0 Å². The fourth-order valence-corrected chi connectivity index (χ4v) is 1.49. The van der Waals surface area contributed by atoms with Crippen LogP contribution >= 0.6 is 0 Å². The summed E-state index contributed by atoms with van der Waals surface area (Å²) in [7, 11) is 0. The fourth-order valence-electron chi connectivity index (χ4n) is 1.49. The Labute approximate surface area is 109 Å². The monoisotopic (exact) mass is 288 g/mol. The normalized spacial score (nSPS) is 11.3. The lowest BCUT2D eigenvalue weighted by Gasteiger charge is -2.08. The maximum Gasteiger partial charge on any atom is 0.426 e. The van der Waals surface area contributed by atoms with Crippen LogP contribution in [-0.4, -0.2) is 11.2 Å². The second-order valence-electron chi connectivity index (χ2n) is 3.90. The minimum Gasteiger partial charge on any atom is -0.320 e. The van der Waals surface area contributed by atoms with E-state index in [0.717, 1.165) is 23.0 Å². The van der Waals surface area contributed by atoms with E-state index >= 15 is 0 Å². The van der Waals surface area contributed by atoms with Crippen molar-refractivity contribution in [1.82, 2.24) is 5.27 Å². The van der Waals surface area contributed by atoms with Crippen LogP contribution < -0.4 is 15.6 Å². The van der Waals surface area contributed by atoms with Gasteiger partial charge in [-0.05, 0) is 23.5 Å². The molecule has 0 fully saturated rings. The summed E-state index contributed by atoms with van der Waals surface area (Å²) in [4.78, 5) is 22.3. The minimum absolute atomic E-state index is 0.0104. The lowest BCUT2D eigenvalue weighted by Crippen LogP contribution is -2.41. The van der Waals surface area contributed by atoms with Gasteiger partial charge < -0.3 is 5.32 Å². The summed E-state index contributed by atoms with van der Waals surface area (Å²) in [6, 6.07) is 4.24. The van der Waals surface area contributed by atoms with E-state index in [4.69, 9.17) is 0 Å². The summed E-state index contributed by atoms with van der Waals surface area (Å²) in [5.41, 5.74) is -1.52. The van der Waals surface area contributed by atoms with Crippen LogP contribution in [0, 0.1) is 0 Å². The first-order valence-corrected chi connectivity index (χ1v) is 5.40. The van der Waals surface area contributed by atoms with Gasteiger partial charge in [0.25, 0.3) is 18.6 Å². The predicted octanol–water partition coefficient (Wildman–Crippen LogP) is 0.913. The molecule has 2 N–H and O–H groups in total. The number of aromatic amines is 1. The van der Waals surface area contributed by atoms with E-state index in [0.29, 0.717) is 0 Å². The van der Waals surface area contributed by atoms with Crippen LogP contribution in [-0.2, 0) is 17.5 Å². The van der Waals surface area contributed by atoms with Gasteiger partial charge >= 0.3 is 11.8 Å². The number of carbonyl (C=O) groups is 1. The first kappa shape index (κ1) is 13.8. The molecule has 20 heavy (non-hydrogen) atoms. The number of amides is 1. The Bertz CT molecular complexity index is 675. The zero-order chi connectivity index (χ0) is 14.8. The van der Waals surface area contributed by atoms with E-state index in [2.05, 4.69) is 15.1 Å². The molecule has 2 rings (SSSR count). The number of halogens is 3. The third-order valence-electron chi connectivity index (χ3n) is 2.31. The third kappa shape index (κ3) is 3.46. The number of rotatable bonds is 3. The molecule has 2 aromatic rings. The molecule has 106 valence electrons. The highest BCUT2D eigenvalue weighted by Crippen LogP contribution is 2.30. The molecule has 0 saturated carbocycles. The van der Waals surface area contributed by atoms with E-state index in [9.17, 15) is 22.8 Å². The SMILES string of the molecule is O=C(C[n+]1cc(=O)o[nH]1)Nc1cccc(C(F)(F)F)c1. The molecule has 0 aliphatic heterocycles. The number of hydrogen-bond acceptors (Lipinski definition) is 3. The molecule has 0 unspecified atom stereocenters. The van der Waals surface area contributed by atoms with Gasteiger partial charge in [0.2, 0.25) is 0 Å². The zero-order valence-corrected chi connectivity index (χ0v) is 9.90. The van der Waals surface area contributed by atoms with E-state index in [1.807, 2.05) is 0 Å². The largest absolute Gasteiger partial charge is 0.426 e. The number of benzene rings is 1. The number of nitrogens with one attached hydrogen (secondary N) is 2. The Hall–Kier alpha value is -2.58.